The molecule has 0 bridgehead atoms. The SMILES string of the molecule is CC1(C)CCC(C)(C)c2cc(C(C)(C)C(=O)C(C)(C)c3ccc4c(c3)C(C)(C)CCC4(C)C)ccc21. The molecule has 2 aliphatic carbocycles. The Morgan fingerprint density at radius 1 is 0.528 bits per heavy atom. The molecule has 2 aromatic carbocycles. The number of carbonyl (C=O) groups excluding carboxylic acids is 1. The van der Waals surface area contributed by atoms with Crippen LogP contribution in [0.25, 0.3) is 0 Å². The van der Waals surface area contributed by atoms with E-state index in [1.165, 1.54) is 47.9 Å². The largest absolute Gasteiger partial charge is 0.298 e. The maximum Gasteiger partial charge on any atom is 0.152 e. The van der Waals surface area contributed by atoms with Crippen molar-refractivity contribution >= 4 is 5.78 Å². The van der Waals surface area contributed by atoms with Crippen LogP contribution in [0.4, 0.5) is 0 Å². The Kier molecular flexibility index (Phi) is 6.07. The third-order valence-electron chi connectivity index (χ3n) is 10.3. The van der Waals surface area contributed by atoms with E-state index < -0.39 is 10.8 Å². The van der Waals surface area contributed by atoms with Gasteiger partial charge in [-0.05, 0) is 108 Å². The summed E-state index contributed by atoms with van der Waals surface area (Å²) in [4.78, 5) is 14.4. The van der Waals surface area contributed by atoms with Crippen molar-refractivity contribution in [3.63, 3.8) is 0 Å². The van der Waals surface area contributed by atoms with Gasteiger partial charge in [-0.1, -0.05) is 91.8 Å². The maximum atomic E-state index is 14.4. The second-order valence-electron chi connectivity index (χ2n) is 15.6. The third-order valence-corrected chi connectivity index (χ3v) is 10.3. The van der Waals surface area contributed by atoms with Gasteiger partial charge in [0.15, 0.2) is 5.78 Å². The lowest BCUT2D eigenvalue weighted by Crippen LogP contribution is -2.43. The van der Waals surface area contributed by atoms with Gasteiger partial charge < -0.3 is 0 Å². The molecule has 1 nitrogen and oxygen atoms in total. The molecule has 0 unspecified atom stereocenters. The quantitative estimate of drug-likeness (QED) is 0.421. The van der Waals surface area contributed by atoms with Crippen LogP contribution in [0.2, 0.25) is 0 Å². The summed E-state index contributed by atoms with van der Waals surface area (Å²) in [5.74, 6) is 0.288. The highest BCUT2D eigenvalue weighted by atomic mass is 16.1. The van der Waals surface area contributed by atoms with Crippen molar-refractivity contribution in [2.45, 2.75) is 141 Å². The van der Waals surface area contributed by atoms with Gasteiger partial charge in [-0.25, -0.2) is 0 Å². The summed E-state index contributed by atoms with van der Waals surface area (Å²) in [7, 11) is 0. The summed E-state index contributed by atoms with van der Waals surface area (Å²) in [6.07, 6.45) is 4.76. The lowest BCUT2D eigenvalue weighted by Gasteiger charge is -2.44. The van der Waals surface area contributed by atoms with Crippen molar-refractivity contribution in [3.8, 4) is 0 Å². The molecular weight excluding hydrogens is 436 g/mol. The van der Waals surface area contributed by atoms with E-state index in [0.717, 1.165) is 11.1 Å². The predicted molar refractivity (Wildman–Crippen MR) is 155 cm³/mol. The molecule has 2 aromatic rings. The van der Waals surface area contributed by atoms with Gasteiger partial charge in [0, 0.05) is 10.8 Å². The van der Waals surface area contributed by atoms with Gasteiger partial charge in [-0.15, -0.1) is 0 Å². The molecule has 0 N–H and O–H groups in total. The third kappa shape index (κ3) is 4.19. The average Bonchev–Trinajstić information content (AvgIpc) is 2.79. The molecule has 0 saturated carbocycles. The first-order valence-corrected chi connectivity index (χ1v) is 14.1. The normalized spacial score (nSPS) is 21.9. The van der Waals surface area contributed by atoms with Crippen molar-refractivity contribution < 1.29 is 4.79 Å². The minimum absolute atomic E-state index is 0.131. The van der Waals surface area contributed by atoms with E-state index in [1.54, 1.807) is 0 Å². The van der Waals surface area contributed by atoms with Crippen molar-refractivity contribution in [2.75, 3.05) is 0 Å². The summed E-state index contributed by atoms with van der Waals surface area (Å²) in [6, 6.07) is 13.8. The Balaban J connectivity index is 1.76. The van der Waals surface area contributed by atoms with E-state index in [-0.39, 0.29) is 27.4 Å². The first kappa shape index (κ1) is 27.2. The molecule has 0 radical (unpaired) electrons. The summed E-state index contributed by atoms with van der Waals surface area (Å²) in [6.45, 7) is 27.4. The van der Waals surface area contributed by atoms with Crippen LogP contribution in [0.5, 0.6) is 0 Å². The van der Waals surface area contributed by atoms with Crippen LogP contribution in [0.1, 0.15) is 142 Å². The number of fused-ring (bicyclic) bond motifs is 2. The van der Waals surface area contributed by atoms with E-state index in [0.29, 0.717) is 0 Å². The number of hydrogen-bond donors (Lipinski definition) is 0. The standard InChI is InChI=1S/C35H50O/c1-30(2)17-19-32(5,6)27-21-23(13-15-25(27)30)34(9,10)29(36)35(11,12)24-14-16-26-28(22-24)33(7,8)20-18-31(26,3)4/h13-16,21-22H,17-20H2,1-12H3. The van der Waals surface area contributed by atoms with Crippen LogP contribution in [0, 0.1) is 0 Å². The summed E-state index contributed by atoms with van der Waals surface area (Å²) in [5, 5.41) is 0. The molecule has 0 aliphatic heterocycles. The first-order valence-electron chi connectivity index (χ1n) is 14.1. The zero-order valence-electron chi connectivity index (χ0n) is 25.2. The molecule has 0 aromatic heterocycles. The fraction of sp³-hybridized carbons (Fsp3) is 0.629. The second-order valence-corrected chi connectivity index (χ2v) is 15.6. The highest BCUT2D eigenvalue weighted by Gasteiger charge is 2.45. The topological polar surface area (TPSA) is 17.1 Å². The maximum absolute atomic E-state index is 14.4. The zero-order chi connectivity index (χ0) is 27.1. The molecule has 0 heterocycles. The number of Topliss-reactive ketones (excluding diaryl/α,β-unsaturated/α-hetero) is 1. The highest BCUT2D eigenvalue weighted by molar-refractivity contribution is 5.97. The van der Waals surface area contributed by atoms with E-state index >= 15 is 0 Å². The monoisotopic (exact) mass is 486 g/mol. The van der Waals surface area contributed by atoms with Crippen molar-refractivity contribution in [2.24, 2.45) is 0 Å². The number of ketones is 1. The van der Waals surface area contributed by atoms with Crippen LogP contribution in [0.3, 0.4) is 0 Å². The second kappa shape index (κ2) is 8.05. The van der Waals surface area contributed by atoms with Gasteiger partial charge in [-0.3, -0.25) is 4.79 Å². The zero-order valence-corrected chi connectivity index (χ0v) is 25.2. The number of benzene rings is 2. The summed E-state index contributed by atoms with van der Waals surface area (Å²) >= 11 is 0. The van der Waals surface area contributed by atoms with Crippen LogP contribution in [-0.2, 0) is 37.3 Å². The van der Waals surface area contributed by atoms with Gasteiger partial charge in [-0.2, -0.15) is 0 Å². The Morgan fingerprint density at radius 2 is 0.806 bits per heavy atom. The van der Waals surface area contributed by atoms with Crippen molar-refractivity contribution in [3.05, 3.63) is 69.8 Å². The molecule has 2 aliphatic rings. The smallest absolute Gasteiger partial charge is 0.152 e. The molecule has 36 heavy (non-hydrogen) atoms. The number of carbonyl (C=O) groups is 1. The van der Waals surface area contributed by atoms with E-state index in [9.17, 15) is 4.79 Å². The van der Waals surface area contributed by atoms with Gasteiger partial charge >= 0.3 is 0 Å². The minimum Gasteiger partial charge on any atom is -0.298 e. The Hall–Kier alpha value is -1.89. The molecule has 0 fully saturated rings. The average molecular weight is 487 g/mol. The Labute approximate surface area is 221 Å². The molecule has 196 valence electrons. The Morgan fingerprint density at radius 3 is 1.11 bits per heavy atom. The minimum atomic E-state index is -0.582. The molecule has 0 saturated heterocycles. The van der Waals surface area contributed by atoms with Crippen LogP contribution in [-0.4, -0.2) is 5.78 Å². The predicted octanol–water partition coefficient (Wildman–Crippen LogP) is 9.21. The van der Waals surface area contributed by atoms with Gasteiger partial charge in [0.05, 0.1) is 0 Å². The van der Waals surface area contributed by atoms with E-state index in [4.69, 9.17) is 0 Å². The molecule has 1 heteroatoms. The fourth-order valence-electron chi connectivity index (χ4n) is 7.00. The van der Waals surface area contributed by atoms with E-state index in [1.807, 2.05) is 0 Å². The van der Waals surface area contributed by atoms with Crippen LogP contribution < -0.4 is 0 Å². The fourth-order valence-corrected chi connectivity index (χ4v) is 7.00. The van der Waals surface area contributed by atoms with Gasteiger partial charge in [0.2, 0.25) is 0 Å². The summed E-state index contributed by atoms with van der Waals surface area (Å²) in [5.41, 5.74) is 7.49. The number of rotatable bonds is 4. The molecular formula is C35H50O. The van der Waals surface area contributed by atoms with Crippen molar-refractivity contribution in [1.29, 1.82) is 0 Å². The highest BCUT2D eigenvalue weighted by Crippen LogP contribution is 2.49. The molecule has 0 atom stereocenters. The molecule has 0 spiro atoms. The first-order chi connectivity index (χ1) is 16.2. The lowest BCUT2D eigenvalue weighted by molar-refractivity contribution is -0.128. The number of hydrogen-bond acceptors (Lipinski definition) is 1. The van der Waals surface area contributed by atoms with Gasteiger partial charge in [0.25, 0.3) is 0 Å². The molecule has 4 rings (SSSR count). The lowest BCUT2D eigenvalue weighted by atomic mass is 9.60. The van der Waals surface area contributed by atoms with Crippen molar-refractivity contribution in [1.82, 2.24) is 0 Å². The van der Waals surface area contributed by atoms with Gasteiger partial charge in [0.1, 0.15) is 0 Å². The summed E-state index contributed by atoms with van der Waals surface area (Å²) < 4.78 is 0. The van der Waals surface area contributed by atoms with Crippen LogP contribution >= 0.6 is 0 Å². The Bertz CT molecular complexity index is 1110. The van der Waals surface area contributed by atoms with E-state index in [2.05, 4.69) is 119 Å². The van der Waals surface area contributed by atoms with Crippen LogP contribution in [0.15, 0.2) is 36.4 Å². The molecule has 0 amide bonds.